The summed E-state index contributed by atoms with van der Waals surface area (Å²) in [6, 6.07) is 23.9. The number of carbonyl (C=O) groups excluding carboxylic acids is 3. The second-order valence-corrected chi connectivity index (χ2v) is 7.74. The van der Waals surface area contributed by atoms with Crippen LogP contribution >= 0.6 is 0 Å². The molecule has 0 unspecified atom stereocenters. The topological polar surface area (TPSA) is 88.6 Å². The summed E-state index contributed by atoms with van der Waals surface area (Å²) in [6.07, 6.45) is -5.87. The molecule has 0 bridgehead atoms. The van der Waals surface area contributed by atoms with Crippen LogP contribution in [0.25, 0.3) is 0 Å². The molecule has 1 radical (unpaired) electrons. The quantitative estimate of drug-likeness (QED) is 0.190. The molecule has 12 heteroatoms. The van der Waals surface area contributed by atoms with E-state index in [-0.39, 0.29) is 0 Å². The minimum atomic E-state index is -3.89. The Balaban J connectivity index is 1.78. The molecule has 0 fully saturated rings. The second-order valence-electron chi connectivity index (χ2n) is 7.74. The molecule has 3 aromatic carbocycles. The molecule has 0 aliphatic carbocycles. The number of ether oxygens (including phenoxy) is 3. The van der Waals surface area contributed by atoms with Gasteiger partial charge in [0.1, 0.15) is 19.8 Å². The van der Waals surface area contributed by atoms with Crippen LogP contribution in [-0.4, -0.2) is 39.4 Å². The van der Waals surface area contributed by atoms with E-state index in [1.807, 2.05) is 0 Å². The van der Waals surface area contributed by atoms with Gasteiger partial charge in [-0.2, -0.15) is 0 Å². The molecule has 0 heterocycles. The zero-order valence-corrected chi connectivity index (χ0v) is 19.9. The van der Waals surface area contributed by atoms with Crippen molar-refractivity contribution < 1.29 is 42.0 Å². The summed E-state index contributed by atoms with van der Waals surface area (Å²) in [6.45, 7) is 1.46. The number of hydrogen-bond donors (Lipinski definition) is 0. The number of carbonyl (C=O) groups is 3. The van der Waals surface area contributed by atoms with Crippen LogP contribution in [0, 0.1) is 6.92 Å². The van der Waals surface area contributed by atoms with Crippen molar-refractivity contribution in [2.24, 2.45) is 0 Å². The molecule has 0 aliphatic rings. The summed E-state index contributed by atoms with van der Waals surface area (Å²) in [5.74, 6) is -3.89. The molecule has 3 amide bonds. The van der Waals surface area contributed by atoms with E-state index in [4.69, 9.17) is 14.2 Å². The van der Waals surface area contributed by atoms with Crippen molar-refractivity contribution in [1.82, 2.24) is 15.4 Å². The molecule has 199 valence electrons. The lowest BCUT2D eigenvalue weighted by molar-refractivity contribution is -0.273. The van der Waals surface area contributed by atoms with Crippen molar-refractivity contribution in [2.45, 2.75) is 25.6 Å². The van der Waals surface area contributed by atoms with E-state index in [0.717, 1.165) is 0 Å². The molecular weight excluding hydrogens is 507 g/mol. The third kappa shape index (κ3) is 6.93. The number of nitrogens with zero attached hydrogens (tertiary/aromatic N) is 3. The van der Waals surface area contributed by atoms with Crippen molar-refractivity contribution in [1.29, 1.82) is 0 Å². The van der Waals surface area contributed by atoms with Gasteiger partial charge in [0.15, 0.2) is 0 Å². The van der Waals surface area contributed by atoms with Crippen molar-refractivity contribution >= 4 is 18.3 Å². The molecule has 3 rings (SSSR count). The van der Waals surface area contributed by atoms with Gasteiger partial charge in [0.05, 0.1) is 0 Å². The standard InChI is InChI=1S/C26H23F3N3O6/c1-26(30(27)23(33)36-17-20-11-5-2-6-12-20,31(28)24(34)37-18-21-13-7-3-8-14-21)32(29)25(35)38-19-22-15-9-4-10-16-22/h2-16H,1,17-19H2. The van der Waals surface area contributed by atoms with Gasteiger partial charge < -0.3 is 14.2 Å². The fraction of sp³-hybridized carbons (Fsp3) is 0.154. The van der Waals surface area contributed by atoms with E-state index >= 15 is 13.4 Å². The minimum absolute atomic E-state index is 0.419. The Morgan fingerprint density at radius 1 is 0.553 bits per heavy atom. The Hall–Kier alpha value is -4.74. The van der Waals surface area contributed by atoms with Crippen LogP contribution in [0.3, 0.4) is 0 Å². The lowest BCUT2D eigenvalue weighted by Gasteiger charge is -2.38. The van der Waals surface area contributed by atoms with Gasteiger partial charge in [-0.15, -0.1) is 0 Å². The molecule has 0 aromatic heterocycles. The van der Waals surface area contributed by atoms with Gasteiger partial charge in [-0.05, 0) is 16.7 Å². The van der Waals surface area contributed by atoms with Gasteiger partial charge in [-0.25, -0.2) is 14.4 Å². The van der Waals surface area contributed by atoms with E-state index in [2.05, 4.69) is 6.92 Å². The molecule has 0 spiro atoms. The third-order valence-corrected chi connectivity index (χ3v) is 5.04. The number of benzene rings is 3. The molecule has 38 heavy (non-hydrogen) atoms. The number of hydrogen-bond acceptors (Lipinski definition) is 6. The Bertz CT molecular complexity index is 1060. The predicted octanol–water partition coefficient (Wildman–Crippen LogP) is 6.04. The number of rotatable bonds is 9. The third-order valence-electron chi connectivity index (χ3n) is 5.04. The molecule has 0 atom stereocenters. The molecular formula is C26H23F3N3O6. The summed E-state index contributed by atoms with van der Waals surface area (Å²) in [5, 5.41) is -3.61. The maximum Gasteiger partial charge on any atom is 0.442 e. The monoisotopic (exact) mass is 530 g/mol. The first-order valence-electron chi connectivity index (χ1n) is 11.1. The van der Waals surface area contributed by atoms with E-state index in [0.29, 0.717) is 16.7 Å². The summed E-state index contributed by atoms with van der Waals surface area (Å²) in [4.78, 5) is 37.1. The van der Waals surface area contributed by atoms with Gasteiger partial charge in [0.2, 0.25) is 0 Å². The highest BCUT2D eigenvalue weighted by Gasteiger charge is 2.56. The predicted molar refractivity (Wildman–Crippen MR) is 127 cm³/mol. The van der Waals surface area contributed by atoms with Crippen LogP contribution in [0.1, 0.15) is 16.7 Å². The Kier molecular flexibility index (Phi) is 9.52. The SMILES string of the molecule is [CH2]C(N(F)C(=O)OCc1ccccc1)(N(F)C(=O)OCc1ccccc1)N(F)C(=O)OCc1ccccc1. The maximum atomic E-state index is 15.2. The number of amides is 3. The smallest absolute Gasteiger partial charge is 0.442 e. The summed E-state index contributed by atoms with van der Waals surface area (Å²) in [7, 11) is 0. The fourth-order valence-electron chi connectivity index (χ4n) is 3.00. The normalized spacial score (nSPS) is 10.7. The first kappa shape index (κ1) is 27.8. The molecule has 0 N–H and O–H groups in total. The van der Waals surface area contributed by atoms with Crippen LogP contribution in [0.15, 0.2) is 91.0 Å². The molecule has 3 aromatic rings. The van der Waals surface area contributed by atoms with E-state index in [1.165, 1.54) is 36.4 Å². The second kappa shape index (κ2) is 13.0. The Morgan fingerprint density at radius 2 is 0.789 bits per heavy atom. The van der Waals surface area contributed by atoms with Crippen molar-refractivity contribution in [2.75, 3.05) is 0 Å². The Morgan fingerprint density at radius 3 is 1.03 bits per heavy atom. The molecule has 0 aliphatic heterocycles. The zero-order chi connectivity index (χ0) is 27.5. The van der Waals surface area contributed by atoms with E-state index < -0.39 is 59.3 Å². The average Bonchev–Trinajstić information content (AvgIpc) is 2.97. The van der Waals surface area contributed by atoms with E-state index in [9.17, 15) is 14.4 Å². The summed E-state index contributed by atoms with van der Waals surface area (Å²) < 4.78 is 59.8. The highest BCUT2D eigenvalue weighted by molar-refractivity contribution is 5.74. The highest BCUT2D eigenvalue weighted by Crippen LogP contribution is 2.30. The summed E-state index contributed by atoms with van der Waals surface area (Å²) in [5.41, 5.74) is 1.26. The lowest BCUT2D eigenvalue weighted by atomic mass is 10.2. The van der Waals surface area contributed by atoms with E-state index in [1.54, 1.807) is 54.6 Å². The zero-order valence-electron chi connectivity index (χ0n) is 19.9. The van der Waals surface area contributed by atoms with Gasteiger partial charge in [0, 0.05) is 6.92 Å². The van der Waals surface area contributed by atoms with Crippen molar-refractivity contribution in [3.8, 4) is 0 Å². The van der Waals surface area contributed by atoms with Gasteiger partial charge in [-0.1, -0.05) is 120 Å². The van der Waals surface area contributed by atoms with Crippen LogP contribution in [0.4, 0.5) is 27.8 Å². The Labute approximate surface area is 216 Å². The van der Waals surface area contributed by atoms with Crippen LogP contribution < -0.4 is 0 Å². The molecule has 0 saturated carbocycles. The number of halogens is 3. The highest BCUT2D eigenvalue weighted by atomic mass is 19.2. The minimum Gasteiger partial charge on any atom is -0.443 e. The lowest BCUT2D eigenvalue weighted by Crippen LogP contribution is -2.65. The van der Waals surface area contributed by atoms with Gasteiger partial charge >= 0.3 is 18.3 Å². The van der Waals surface area contributed by atoms with Crippen LogP contribution in [0.5, 0.6) is 0 Å². The summed E-state index contributed by atoms with van der Waals surface area (Å²) >= 11 is 0. The fourth-order valence-corrected chi connectivity index (χ4v) is 3.00. The first-order chi connectivity index (χ1) is 18.2. The molecule has 9 nitrogen and oxygen atoms in total. The van der Waals surface area contributed by atoms with Gasteiger partial charge in [0.25, 0.3) is 5.79 Å². The van der Waals surface area contributed by atoms with Crippen LogP contribution in [0.2, 0.25) is 0 Å². The first-order valence-corrected chi connectivity index (χ1v) is 11.1. The molecule has 0 saturated heterocycles. The van der Waals surface area contributed by atoms with Crippen molar-refractivity contribution in [3.63, 3.8) is 0 Å². The van der Waals surface area contributed by atoms with Crippen molar-refractivity contribution in [3.05, 3.63) is 115 Å². The van der Waals surface area contributed by atoms with Crippen LogP contribution in [-0.2, 0) is 34.0 Å². The maximum absolute atomic E-state index is 15.2. The average molecular weight is 530 g/mol. The largest absolute Gasteiger partial charge is 0.443 e. The van der Waals surface area contributed by atoms with Gasteiger partial charge in [-0.3, -0.25) is 0 Å².